The quantitative estimate of drug-likeness (QED) is 0.472. The van der Waals surface area contributed by atoms with E-state index in [1.165, 1.54) is 25.7 Å². The second-order valence-electron chi connectivity index (χ2n) is 4.83. The monoisotopic (exact) mass is 210 g/mol. The summed E-state index contributed by atoms with van der Waals surface area (Å²) in [5, 5.41) is 0. The standard InChI is InChI=1S/C14H26O/c1-5-6-7-8-9-10-11-12-13-15-14(2,3)4/h5,8-13H2,1-4H3. The Bertz CT molecular complexity index is 190. The molecule has 0 aliphatic heterocycles. The van der Waals surface area contributed by atoms with Gasteiger partial charge in [-0.25, -0.2) is 0 Å². The minimum atomic E-state index is 0.0204. The number of unbranched alkanes of at least 4 members (excludes halogenated alkanes) is 4. The molecule has 0 aromatic carbocycles. The predicted octanol–water partition coefficient (Wildman–Crippen LogP) is 4.17. The van der Waals surface area contributed by atoms with Crippen molar-refractivity contribution in [2.75, 3.05) is 6.61 Å². The molecule has 0 unspecified atom stereocenters. The van der Waals surface area contributed by atoms with Gasteiger partial charge in [0.1, 0.15) is 0 Å². The summed E-state index contributed by atoms with van der Waals surface area (Å²) in [6.45, 7) is 9.30. The first-order valence-electron chi connectivity index (χ1n) is 6.16. The van der Waals surface area contributed by atoms with Crippen molar-refractivity contribution in [2.24, 2.45) is 0 Å². The van der Waals surface area contributed by atoms with Crippen LogP contribution < -0.4 is 0 Å². The highest BCUT2D eigenvalue weighted by Gasteiger charge is 2.08. The summed E-state index contributed by atoms with van der Waals surface area (Å²) in [6, 6.07) is 0. The smallest absolute Gasteiger partial charge is 0.0598 e. The average Bonchev–Trinajstić information content (AvgIpc) is 2.14. The van der Waals surface area contributed by atoms with Crippen LogP contribution in [0.15, 0.2) is 0 Å². The summed E-state index contributed by atoms with van der Waals surface area (Å²) in [6.07, 6.45) is 7.02. The molecule has 0 N–H and O–H groups in total. The van der Waals surface area contributed by atoms with Gasteiger partial charge in [0.2, 0.25) is 0 Å². The van der Waals surface area contributed by atoms with Crippen LogP contribution >= 0.6 is 0 Å². The highest BCUT2D eigenvalue weighted by molar-refractivity contribution is 4.97. The Kier molecular flexibility index (Phi) is 8.52. The lowest BCUT2D eigenvalue weighted by atomic mass is 10.1. The van der Waals surface area contributed by atoms with Crippen molar-refractivity contribution in [1.82, 2.24) is 0 Å². The van der Waals surface area contributed by atoms with E-state index in [1.807, 2.05) is 0 Å². The first-order chi connectivity index (χ1) is 7.06. The first-order valence-corrected chi connectivity index (χ1v) is 6.16. The van der Waals surface area contributed by atoms with Crippen LogP contribution in [0, 0.1) is 11.8 Å². The third kappa shape index (κ3) is 13.5. The van der Waals surface area contributed by atoms with Crippen LogP contribution in [0.1, 0.15) is 66.2 Å². The van der Waals surface area contributed by atoms with Crippen molar-refractivity contribution in [2.45, 2.75) is 71.8 Å². The van der Waals surface area contributed by atoms with Crippen molar-refractivity contribution in [3.63, 3.8) is 0 Å². The minimum Gasteiger partial charge on any atom is -0.376 e. The zero-order valence-corrected chi connectivity index (χ0v) is 10.9. The largest absolute Gasteiger partial charge is 0.376 e. The first kappa shape index (κ1) is 14.5. The Morgan fingerprint density at radius 2 is 1.60 bits per heavy atom. The molecule has 0 aliphatic carbocycles. The molecular weight excluding hydrogens is 184 g/mol. The van der Waals surface area contributed by atoms with Crippen LogP contribution in [0.5, 0.6) is 0 Å². The summed E-state index contributed by atoms with van der Waals surface area (Å²) in [4.78, 5) is 0. The fourth-order valence-corrected chi connectivity index (χ4v) is 1.26. The van der Waals surface area contributed by atoms with Crippen LogP contribution in [-0.2, 0) is 4.74 Å². The lowest BCUT2D eigenvalue weighted by molar-refractivity contribution is -0.00472. The van der Waals surface area contributed by atoms with Gasteiger partial charge in [0.15, 0.2) is 0 Å². The molecule has 0 spiro atoms. The van der Waals surface area contributed by atoms with Crippen molar-refractivity contribution in [3.8, 4) is 11.8 Å². The maximum Gasteiger partial charge on any atom is 0.0598 e. The molecule has 0 aliphatic rings. The Morgan fingerprint density at radius 3 is 2.20 bits per heavy atom. The fourth-order valence-electron chi connectivity index (χ4n) is 1.26. The van der Waals surface area contributed by atoms with Crippen LogP contribution in [-0.4, -0.2) is 12.2 Å². The van der Waals surface area contributed by atoms with Gasteiger partial charge in [0.05, 0.1) is 5.60 Å². The molecule has 0 radical (unpaired) electrons. The lowest BCUT2D eigenvalue weighted by Crippen LogP contribution is -2.19. The molecule has 15 heavy (non-hydrogen) atoms. The van der Waals surface area contributed by atoms with Gasteiger partial charge in [-0.15, -0.1) is 11.8 Å². The van der Waals surface area contributed by atoms with Crippen LogP contribution in [0.2, 0.25) is 0 Å². The molecule has 0 bridgehead atoms. The predicted molar refractivity (Wildman–Crippen MR) is 66.9 cm³/mol. The summed E-state index contributed by atoms with van der Waals surface area (Å²) in [5.41, 5.74) is 0.0204. The van der Waals surface area contributed by atoms with E-state index in [-0.39, 0.29) is 5.60 Å². The van der Waals surface area contributed by atoms with Crippen LogP contribution in [0.3, 0.4) is 0 Å². The number of hydrogen-bond acceptors (Lipinski definition) is 1. The number of hydrogen-bond donors (Lipinski definition) is 0. The molecule has 0 fully saturated rings. The van der Waals surface area contributed by atoms with E-state index in [0.29, 0.717) is 0 Å². The minimum absolute atomic E-state index is 0.0204. The normalized spacial score (nSPS) is 10.9. The van der Waals surface area contributed by atoms with E-state index in [4.69, 9.17) is 4.74 Å². The lowest BCUT2D eigenvalue weighted by Gasteiger charge is -2.19. The average molecular weight is 210 g/mol. The van der Waals surface area contributed by atoms with E-state index >= 15 is 0 Å². The van der Waals surface area contributed by atoms with Gasteiger partial charge in [0.25, 0.3) is 0 Å². The Labute approximate surface area is 95.6 Å². The third-order valence-electron chi connectivity index (χ3n) is 2.03. The van der Waals surface area contributed by atoms with Crippen molar-refractivity contribution >= 4 is 0 Å². The second-order valence-corrected chi connectivity index (χ2v) is 4.83. The SMILES string of the molecule is CCC#CCCCCCCOC(C)(C)C. The second kappa shape index (κ2) is 8.80. The molecule has 88 valence electrons. The van der Waals surface area contributed by atoms with Gasteiger partial charge in [0, 0.05) is 19.4 Å². The maximum atomic E-state index is 5.65. The van der Waals surface area contributed by atoms with E-state index in [9.17, 15) is 0 Å². The number of rotatable bonds is 6. The van der Waals surface area contributed by atoms with E-state index in [1.54, 1.807) is 0 Å². The molecule has 1 nitrogen and oxygen atoms in total. The summed E-state index contributed by atoms with van der Waals surface area (Å²) >= 11 is 0. The van der Waals surface area contributed by atoms with Gasteiger partial charge >= 0.3 is 0 Å². The van der Waals surface area contributed by atoms with Gasteiger partial charge in [-0.1, -0.05) is 19.8 Å². The number of ether oxygens (including phenoxy) is 1. The van der Waals surface area contributed by atoms with Crippen molar-refractivity contribution in [3.05, 3.63) is 0 Å². The van der Waals surface area contributed by atoms with Crippen LogP contribution in [0.4, 0.5) is 0 Å². The third-order valence-corrected chi connectivity index (χ3v) is 2.03. The van der Waals surface area contributed by atoms with Gasteiger partial charge in [-0.3, -0.25) is 0 Å². The molecular formula is C14H26O. The Morgan fingerprint density at radius 1 is 0.933 bits per heavy atom. The molecule has 0 saturated heterocycles. The summed E-state index contributed by atoms with van der Waals surface area (Å²) in [5.74, 6) is 6.26. The van der Waals surface area contributed by atoms with E-state index < -0.39 is 0 Å². The molecule has 0 rings (SSSR count). The zero-order chi connectivity index (χ0) is 11.6. The summed E-state index contributed by atoms with van der Waals surface area (Å²) in [7, 11) is 0. The van der Waals surface area contributed by atoms with Gasteiger partial charge < -0.3 is 4.74 Å². The van der Waals surface area contributed by atoms with Crippen molar-refractivity contribution < 1.29 is 4.74 Å². The topological polar surface area (TPSA) is 9.23 Å². The maximum absolute atomic E-state index is 5.65. The van der Waals surface area contributed by atoms with E-state index in [0.717, 1.165) is 19.4 Å². The summed E-state index contributed by atoms with van der Waals surface area (Å²) < 4.78 is 5.65. The van der Waals surface area contributed by atoms with E-state index in [2.05, 4.69) is 39.5 Å². The highest BCUT2D eigenvalue weighted by Crippen LogP contribution is 2.09. The highest BCUT2D eigenvalue weighted by atomic mass is 16.5. The van der Waals surface area contributed by atoms with Crippen LogP contribution in [0.25, 0.3) is 0 Å². The molecule has 0 saturated carbocycles. The molecule has 0 atom stereocenters. The molecule has 0 heterocycles. The molecule has 0 aromatic heterocycles. The molecule has 0 aromatic rings. The molecule has 0 amide bonds. The van der Waals surface area contributed by atoms with Crippen molar-refractivity contribution in [1.29, 1.82) is 0 Å². The Balaban J connectivity index is 3.12. The zero-order valence-electron chi connectivity index (χ0n) is 10.9. The van der Waals surface area contributed by atoms with Gasteiger partial charge in [-0.05, 0) is 33.6 Å². The fraction of sp³-hybridized carbons (Fsp3) is 0.857. The Hall–Kier alpha value is -0.480. The van der Waals surface area contributed by atoms with Gasteiger partial charge in [-0.2, -0.15) is 0 Å². The molecule has 1 heteroatoms.